The molecule has 0 saturated carbocycles. The molecule has 1 atom stereocenters. The van der Waals surface area contributed by atoms with E-state index in [9.17, 15) is 13.2 Å². The van der Waals surface area contributed by atoms with Crippen molar-refractivity contribution in [3.63, 3.8) is 0 Å². The Hall–Kier alpha value is -2.54. The second kappa shape index (κ2) is 9.31. The van der Waals surface area contributed by atoms with Gasteiger partial charge in [0.1, 0.15) is 18.4 Å². The maximum Gasteiger partial charge on any atom is 0.243 e. The Balaban J connectivity index is 2.01. The summed E-state index contributed by atoms with van der Waals surface area (Å²) in [5.74, 6) is 0.362. The van der Waals surface area contributed by atoms with Crippen molar-refractivity contribution in [2.24, 2.45) is 0 Å². The molecule has 2 aromatic carbocycles. The van der Waals surface area contributed by atoms with E-state index in [-0.39, 0.29) is 12.5 Å². The third-order valence-electron chi connectivity index (χ3n) is 4.98. The van der Waals surface area contributed by atoms with Gasteiger partial charge >= 0.3 is 0 Å². The second-order valence-corrected chi connectivity index (χ2v) is 9.25. The maximum atomic E-state index is 12.6. The number of sulfonamides is 1. The summed E-state index contributed by atoms with van der Waals surface area (Å²) in [4.78, 5) is 12.6. The van der Waals surface area contributed by atoms with Crippen LogP contribution in [0.5, 0.6) is 5.75 Å². The molecule has 0 bridgehead atoms. The number of benzene rings is 2. The molecule has 7 heteroatoms. The van der Waals surface area contributed by atoms with Crippen LogP contribution >= 0.6 is 0 Å². The summed E-state index contributed by atoms with van der Waals surface area (Å²) in [7, 11) is -3.63. The smallest absolute Gasteiger partial charge is 0.243 e. The summed E-state index contributed by atoms with van der Waals surface area (Å²) in [6.07, 6.45) is 1.11. The molecule has 2 aromatic rings. The highest BCUT2D eigenvalue weighted by molar-refractivity contribution is 7.92. The lowest BCUT2D eigenvalue weighted by Gasteiger charge is -2.28. The Morgan fingerprint density at radius 2 is 1.59 bits per heavy atom. The first-order valence-corrected chi connectivity index (χ1v) is 11.4. The monoisotopic (exact) mass is 418 g/mol. The van der Waals surface area contributed by atoms with Crippen LogP contribution in [0.2, 0.25) is 0 Å². The van der Waals surface area contributed by atoms with Crippen molar-refractivity contribution in [2.75, 3.05) is 23.7 Å². The highest BCUT2D eigenvalue weighted by atomic mass is 32.2. The standard InChI is InChI=1S/C22H30N2O4S/c1-15-7-9-20(13-17(15)3)24(29(6,26)27)19(5)22(25)23-11-12-28-21-10-8-16(2)18(4)14-21/h7-10,13-14,19H,11-12H2,1-6H3,(H,23,25)/t19-/m0/s1. The Morgan fingerprint density at radius 1 is 1.00 bits per heavy atom. The van der Waals surface area contributed by atoms with Crippen molar-refractivity contribution < 1.29 is 17.9 Å². The molecule has 0 aliphatic heterocycles. The number of carbonyl (C=O) groups is 1. The third-order valence-corrected chi connectivity index (χ3v) is 6.22. The van der Waals surface area contributed by atoms with Crippen LogP contribution < -0.4 is 14.4 Å². The summed E-state index contributed by atoms with van der Waals surface area (Å²) in [6.45, 7) is 10.1. The van der Waals surface area contributed by atoms with Gasteiger partial charge in [-0.15, -0.1) is 0 Å². The molecule has 0 aliphatic rings. The maximum absolute atomic E-state index is 12.6. The predicted molar refractivity (Wildman–Crippen MR) is 117 cm³/mol. The summed E-state index contributed by atoms with van der Waals surface area (Å²) in [6, 6.07) is 10.3. The fourth-order valence-corrected chi connectivity index (χ4v) is 4.13. The van der Waals surface area contributed by atoms with Gasteiger partial charge in [0.15, 0.2) is 0 Å². The lowest BCUT2D eigenvalue weighted by atomic mass is 10.1. The zero-order valence-corrected chi connectivity index (χ0v) is 18.8. The summed E-state index contributed by atoms with van der Waals surface area (Å²) in [5, 5.41) is 2.76. The van der Waals surface area contributed by atoms with Crippen molar-refractivity contribution in [3.8, 4) is 5.75 Å². The minimum Gasteiger partial charge on any atom is -0.492 e. The van der Waals surface area contributed by atoms with Gasteiger partial charge in [0, 0.05) is 0 Å². The minimum atomic E-state index is -3.63. The van der Waals surface area contributed by atoms with Gasteiger partial charge in [0.25, 0.3) is 0 Å². The minimum absolute atomic E-state index is 0.278. The van der Waals surface area contributed by atoms with Crippen LogP contribution in [-0.4, -0.2) is 39.8 Å². The Labute approximate surface area is 173 Å². The molecule has 2 rings (SSSR count). The largest absolute Gasteiger partial charge is 0.492 e. The van der Waals surface area contributed by atoms with E-state index in [2.05, 4.69) is 5.32 Å². The number of nitrogens with one attached hydrogen (secondary N) is 1. The molecule has 6 nitrogen and oxygen atoms in total. The van der Waals surface area contributed by atoms with Gasteiger partial charge in [-0.25, -0.2) is 8.42 Å². The average molecular weight is 419 g/mol. The molecule has 0 spiro atoms. The van der Waals surface area contributed by atoms with Crippen LogP contribution in [0.4, 0.5) is 5.69 Å². The molecule has 1 N–H and O–H groups in total. The molecule has 0 unspecified atom stereocenters. The molecule has 0 saturated heterocycles. The Morgan fingerprint density at radius 3 is 2.14 bits per heavy atom. The van der Waals surface area contributed by atoms with E-state index in [0.29, 0.717) is 12.3 Å². The van der Waals surface area contributed by atoms with Crippen LogP contribution in [0.15, 0.2) is 36.4 Å². The van der Waals surface area contributed by atoms with Crippen LogP contribution in [-0.2, 0) is 14.8 Å². The van der Waals surface area contributed by atoms with Gasteiger partial charge in [-0.3, -0.25) is 9.10 Å². The molecular formula is C22H30N2O4S. The molecule has 0 radical (unpaired) electrons. The third kappa shape index (κ3) is 5.97. The van der Waals surface area contributed by atoms with Gasteiger partial charge in [-0.1, -0.05) is 12.1 Å². The molecule has 29 heavy (non-hydrogen) atoms. The number of hydrogen-bond acceptors (Lipinski definition) is 4. The molecule has 158 valence electrons. The first-order valence-electron chi connectivity index (χ1n) is 9.55. The van der Waals surface area contributed by atoms with Crippen molar-refractivity contribution in [1.82, 2.24) is 5.32 Å². The number of nitrogens with zero attached hydrogens (tertiary/aromatic N) is 1. The summed E-state index contributed by atoms with van der Waals surface area (Å²) >= 11 is 0. The molecule has 1 amide bonds. The summed E-state index contributed by atoms with van der Waals surface area (Å²) in [5.41, 5.74) is 4.82. The van der Waals surface area contributed by atoms with Crippen molar-refractivity contribution >= 4 is 21.6 Å². The molecule has 0 fully saturated rings. The van der Waals surface area contributed by atoms with E-state index in [0.717, 1.165) is 33.0 Å². The molecule has 0 aromatic heterocycles. The van der Waals surface area contributed by atoms with Gasteiger partial charge in [0.05, 0.1) is 18.5 Å². The lowest BCUT2D eigenvalue weighted by Crippen LogP contribution is -2.48. The van der Waals surface area contributed by atoms with Gasteiger partial charge in [-0.05, 0) is 81.1 Å². The topological polar surface area (TPSA) is 75.7 Å². The SMILES string of the molecule is Cc1ccc(OCCNC(=O)[C@H](C)N(c2ccc(C)c(C)c2)S(C)(=O)=O)cc1C. The van der Waals surface area contributed by atoms with E-state index in [1.54, 1.807) is 19.1 Å². The number of rotatable bonds is 8. The van der Waals surface area contributed by atoms with E-state index in [1.807, 2.05) is 52.0 Å². The predicted octanol–water partition coefficient (Wildman–Crippen LogP) is 3.27. The average Bonchev–Trinajstić information content (AvgIpc) is 2.63. The number of anilines is 1. The Kier molecular flexibility index (Phi) is 7.30. The fraction of sp³-hybridized carbons (Fsp3) is 0.409. The van der Waals surface area contributed by atoms with E-state index >= 15 is 0 Å². The fourth-order valence-electron chi connectivity index (χ4n) is 2.97. The zero-order valence-electron chi connectivity index (χ0n) is 17.9. The van der Waals surface area contributed by atoms with E-state index in [4.69, 9.17) is 4.74 Å². The van der Waals surface area contributed by atoms with Crippen molar-refractivity contribution in [3.05, 3.63) is 58.7 Å². The zero-order chi connectivity index (χ0) is 21.8. The van der Waals surface area contributed by atoms with Crippen LogP contribution in [0.3, 0.4) is 0 Å². The number of carbonyl (C=O) groups excluding carboxylic acids is 1. The van der Waals surface area contributed by atoms with Crippen molar-refractivity contribution in [1.29, 1.82) is 0 Å². The Bertz CT molecular complexity index is 986. The van der Waals surface area contributed by atoms with Crippen LogP contribution in [0.1, 0.15) is 29.2 Å². The van der Waals surface area contributed by atoms with Crippen LogP contribution in [0.25, 0.3) is 0 Å². The number of hydrogen-bond donors (Lipinski definition) is 1. The van der Waals surface area contributed by atoms with Crippen LogP contribution in [0, 0.1) is 27.7 Å². The normalized spacial score (nSPS) is 12.3. The summed E-state index contributed by atoms with van der Waals surface area (Å²) < 4.78 is 31.6. The number of amides is 1. The van der Waals surface area contributed by atoms with Gasteiger partial charge in [0.2, 0.25) is 15.9 Å². The number of ether oxygens (including phenoxy) is 1. The highest BCUT2D eigenvalue weighted by Crippen LogP contribution is 2.23. The van der Waals surface area contributed by atoms with Crippen molar-refractivity contribution in [2.45, 2.75) is 40.7 Å². The number of aryl methyl sites for hydroxylation is 4. The van der Waals surface area contributed by atoms with Gasteiger partial charge in [-0.2, -0.15) is 0 Å². The molecule has 0 aliphatic carbocycles. The first-order chi connectivity index (χ1) is 13.5. The van der Waals surface area contributed by atoms with Gasteiger partial charge < -0.3 is 10.1 Å². The lowest BCUT2D eigenvalue weighted by molar-refractivity contribution is -0.121. The molecular weight excluding hydrogens is 388 g/mol. The highest BCUT2D eigenvalue weighted by Gasteiger charge is 2.29. The first kappa shape index (κ1) is 22.7. The molecule has 0 heterocycles. The van der Waals surface area contributed by atoms with E-state index in [1.165, 1.54) is 5.56 Å². The quantitative estimate of drug-likeness (QED) is 0.668. The van der Waals surface area contributed by atoms with E-state index < -0.39 is 16.1 Å². The second-order valence-electron chi connectivity index (χ2n) is 7.39.